The molecule has 0 N–H and O–H groups in total. The van der Waals surface area contributed by atoms with Crippen molar-refractivity contribution in [2.75, 3.05) is 0 Å². The fourth-order valence-electron chi connectivity index (χ4n) is 2.27. The fourth-order valence-corrected chi connectivity index (χ4v) is 2.79. The maximum Gasteiger partial charge on any atom is 0.129 e. The number of rotatable bonds is 4. The molecule has 1 heteroatoms. The van der Waals surface area contributed by atoms with Crippen molar-refractivity contribution in [1.82, 2.24) is 0 Å². The second kappa shape index (κ2) is 6.96. The minimum absolute atomic E-state index is 1.19. The molecule has 0 radical (unpaired) electrons. The van der Waals surface area contributed by atoms with E-state index in [9.17, 15) is 0 Å². The van der Waals surface area contributed by atoms with Gasteiger partial charge in [0.1, 0.15) is 8.07 Å². The van der Waals surface area contributed by atoms with Crippen molar-refractivity contribution in [1.29, 1.82) is 0 Å². The van der Waals surface area contributed by atoms with Gasteiger partial charge in [-0.25, -0.2) is 0 Å². The maximum atomic E-state index is 3.45. The molecule has 0 spiro atoms. The van der Waals surface area contributed by atoms with Crippen molar-refractivity contribution >= 4 is 8.07 Å². The summed E-state index contributed by atoms with van der Waals surface area (Å²) in [6.07, 6.45) is 5.14. The largest absolute Gasteiger partial charge is 0.129 e. The van der Waals surface area contributed by atoms with Crippen LogP contribution in [0.5, 0.6) is 0 Å². The van der Waals surface area contributed by atoms with Gasteiger partial charge in [0.05, 0.1) is 0 Å². The molecule has 0 atom stereocenters. The summed E-state index contributed by atoms with van der Waals surface area (Å²) in [5.41, 5.74) is 9.00. The zero-order chi connectivity index (χ0) is 14.5. The van der Waals surface area contributed by atoms with Crippen LogP contribution in [0.4, 0.5) is 0 Å². The second-order valence-corrected chi connectivity index (χ2v) is 11.3. The lowest BCUT2D eigenvalue weighted by molar-refractivity contribution is 0.713. The quantitative estimate of drug-likeness (QED) is 0.398. The fraction of sp³-hybridized carbons (Fsp3) is 0.556. The van der Waals surface area contributed by atoms with E-state index in [0.717, 1.165) is 0 Å². The van der Waals surface area contributed by atoms with Crippen LogP contribution in [0.25, 0.3) is 0 Å². The monoisotopic (exact) mass is 272 g/mol. The van der Waals surface area contributed by atoms with E-state index in [4.69, 9.17) is 0 Å². The van der Waals surface area contributed by atoms with E-state index < -0.39 is 8.07 Å². The Hall–Kier alpha value is -1.00. The number of hydrogen-bond donors (Lipinski definition) is 0. The summed E-state index contributed by atoms with van der Waals surface area (Å²) in [5.74, 6) is 3.37. The van der Waals surface area contributed by atoms with Crippen LogP contribution < -0.4 is 0 Å². The van der Waals surface area contributed by atoms with Crippen LogP contribution in [0, 0.1) is 25.3 Å². The molecule has 0 saturated carbocycles. The molecular weight excluding hydrogens is 244 g/mol. The first-order chi connectivity index (χ1) is 8.83. The predicted octanol–water partition coefficient (Wildman–Crippen LogP) is 5.27. The Labute approximate surface area is 120 Å². The van der Waals surface area contributed by atoms with Crippen molar-refractivity contribution in [2.24, 2.45) is 0 Å². The molecule has 0 unspecified atom stereocenters. The Morgan fingerprint density at radius 2 is 1.58 bits per heavy atom. The summed E-state index contributed by atoms with van der Waals surface area (Å²) in [7, 11) is -1.28. The number of benzene rings is 1. The highest BCUT2D eigenvalue weighted by Crippen LogP contribution is 2.19. The standard InChI is InChI=1S/C18H28Si/c1-7-8-9-10-18-15(2)13-17(14-16(18)3)11-12-19(4,5)6/h13-14H,7-10H2,1-6H3. The Bertz CT molecular complexity index is 458. The van der Waals surface area contributed by atoms with Gasteiger partial charge >= 0.3 is 0 Å². The average molecular weight is 273 g/mol. The summed E-state index contributed by atoms with van der Waals surface area (Å²) >= 11 is 0. The molecule has 104 valence electrons. The summed E-state index contributed by atoms with van der Waals surface area (Å²) in [6, 6.07) is 4.53. The molecule has 0 aliphatic carbocycles. The number of aryl methyl sites for hydroxylation is 2. The van der Waals surface area contributed by atoms with Crippen LogP contribution in [0.15, 0.2) is 12.1 Å². The molecule has 0 bridgehead atoms. The zero-order valence-electron chi connectivity index (χ0n) is 13.5. The first-order valence-electron chi connectivity index (χ1n) is 7.47. The van der Waals surface area contributed by atoms with E-state index in [0.29, 0.717) is 0 Å². The highest BCUT2D eigenvalue weighted by molar-refractivity contribution is 6.83. The second-order valence-electron chi connectivity index (χ2n) is 6.55. The van der Waals surface area contributed by atoms with Gasteiger partial charge in [0.25, 0.3) is 0 Å². The van der Waals surface area contributed by atoms with E-state index in [1.54, 1.807) is 0 Å². The SMILES string of the molecule is CCCCCc1c(C)cc(C#C[Si](C)(C)C)cc1C. The van der Waals surface area contributed by atoms with Crippen molar-refractivity contribution in [3.8, 4) is 11.5 Å². The molecular formula is C18H28Si. The first-order valence-corrected chi connectivity index (χ1v) is 11.0. The van der Waals surface area contributed by atoms with Gasteiger partial charge in [-0.05, 0) is 55.5 Å². The van der Waals surface area contributed by atoms with Crippen LogP contribution in [0.1, 0.15) is 48.4 Å². The summed E-state index contributed by atoms with van der Waals surface area (Å²) in [5, 5.41) is 0. The van der Waals surface area contributed by atoms with Gasteiger partial charge in [-0.15, -0.1) is 5.54 Å². The van der Waals surface area contributed by atoms with Crippen LogP contribution in [-0.4, -0.2) is 8.07 Å². The average Bonchev–Trinajstić information content (AvgIpc) is 2.29. The number of hydrogen-bond acceptors (Lipinski definition) is 0. The lowest BCUT2D eigenvalue weighted by Gasteiger charge is -2.11. The molecule has 1 rings (SSSR count). The lowest BCUT2D eigenvalue weighted by atomic mass is 9.95. The lowest BCUT2D eigenvalue weighted by Crippen LogP contribution is -2.16. The molecule has 0 aliphatic heterocycles. The van der Waals surface area contributed by atoms with E-state index >= 15 is 0 Å². The topological polar surface area (TPSA) is 0 Å². The Morgan fingerprint density at radius 1 is 1.00 bits per heavy atom. The molecule has 0 amide bonds. The van der Waals surface area contributed by atoms with Crippen LogP contribution in [0.2, 0.25) is 19.6 Å². The zero-order valence-corrected chi connectivity index (χ0v) is 14.5. The number of unbranched alkanes of at least 4 members (excludes halogenated alkanes) is 2. The third-order valence-electron chi connectivity index (χ3n) is 3.31. The Morgan fingerprint density at radius 3 is 2.05 bits per heavy atom. The molecule has 19 heavy (non-hydrogen) atoms. The minimum Gasteiger partial charge on any atom is -0.127 e. The Kier molecular flexibility index (Phi) is 5.88. The molecule has 1 aromatic rings. The van der Waals surface area contributed by atoms with Crippen LogP contribution >= 0.6 is 0 Å². The van der Waals surface area contributed by atoms with Crippen LogP contribution in [-0.2, 0) is 6.42 Å². The maximum absolute atomic E-state index is 3.45. The van der Waals surface area contributed by atoms with E-state index in [1.807, 2.05) is 0 Å². The predicted molar refractivity (Wildman–Crippen MR) is 89.4 cm³/mol. The third kappa shape index (κ3) is 5.66. The van der Waals surface area contributed by atoms with Gasteiger partial charge in [-0.3, -0.25) is 0 Å². The van der Waals surface area contributed by atoms with E-state index in [2.05, 4.69) is 64.0 Å². The van der Waals surface area contributed by atoms with E-state index in [-0.39, 0.29) is 0 Å². The van der Waals surface area contributed by atoms with Gasteiger partial charge in [0.2, 0.25) is 0 Å². The molecule has 0 saturated heterocycles. The summed E-state index contributed by atoms with van der Waals surface area (Å²) < 4.78 is 0. The van der Waals surface area contributed by atoms with Crippen molar-refractivity contribution in [2.45, 2.75) is 66.1 Å². The van der Waals surface area contributed by atoms with Gasteiger partial charge < -0.3 is 0 Å². The van der Waals surface area contributed by atoms with Gasteiger partial charge in [-0.1, -0.05) is 45.3 Å². The van der Waals surface area contributed by atoms with Crippen LogP contribution in [0.3, 0.4) is 0 Å². The first kappa shape index (κ1) is 16.1. The molecule has 0 aromatic heterocycles. The molecule has 0 aliphatic rings. The highest BCUT2D eigenvalue weighted by atomic mass is 28.3. The van der Waals surface area contributed by atoms with E-state index in [1.165, 1.54) is 47.9 Å². The normalized spacial score (nSPS) is 11.1. The summed E-state index contributed by atoms with van der Waals surface area (Å²) in [6.45, 7) is 13.6. The van der Waals surface area contributed by atoms with Crippen molar-refractivity contribution in [3.63, 3.8) is 0 Å². The van der Waals surface area contributed by atoms with Crippen molar-refractivity contribution in [3.05, 3.63) is 34.4 Å². The van der Waals surface area contributed by atoms with Gasteiger partial charge in [0.15, 0.2) is 0 Å². The highest BCUT2D eigenvalue weighted by Gasteiger charge is 2.08. The molecule has 0 nitrogen and oxygen atoms in total. The molecule has 0 fully saturated rings. The molecule has 0 heterocycles. The van der Waals surface area contributed by atoms with Gasteiger partial charge in [0, 0.05) is 5.56 Å². The van der Waals surface area contributed by atoms with Crippen molar-refractivity contribution < 1.29 is 0 Å². The minimum atomic E-state index is -1.28. The Balaban J connectivity index is 2.93. The smallest absolute Gasteiger partial charge is 0.127 e. The van der Waals surface area contributed by atoms with Gasteiger partial charge in [-0.2, -0.15) is 0 Å². The molecule has 1 aromatic carbocycles. The summed E-state index contributed by atoms with van der Waals surface area (Å²) in [4.78, 5) is 0. The third-order valence-corrected chi connectivity index (χ3v) is 4.18.